The van der Waals surface area contributed by atoms with Crippen molar-refractivity contribution in [2.75, 3.05) is 6.54 Å². The lowest BCUT2D eigenvalue weighted by molar-refractivity contribution is -0.286. The van der Waals surface area contributed by atoms with Crippen molar-refractivity contribution in [3.05, 3.63) is 23.8 Å². The number of aliphatic hydroxyl groups excluding tert-OH is 2. The van der Waals surface area contributed by atoms with Crippen LogP contribution in [0, 0.1) is 0 Å². The summed E-state index contributed by atoms with van der Waals surface area (Å²) in [6.45, 7) is 1.10. The van der Waals surface area contributed by atoms with Crippen molar-refractivity contribution < 1.29 is 33.3 Å². The Morgan fingerprint density at radius 1 is 1.35 bits per heavy atom. The molecular formula is C12H13F2NO5. The monoisotopic (exact) mass is 289 g/mol. The van der Waals surface area contributed by atoms with Crippen molar-refractivity contribution in [1.82, 2.24) is 5.32 Å². The maximum absolute atomic E-state index is 12.8. The Morgan fingerprint density at radius 2 is 2.00 bits per heavy atom. The van der Waals surface area contributed by atoms with Gasteiger partial charge in [-0.15, -0.1) is 8.78 Å². The van der Waals surface area contributed by atoms with Crippen LogP contribution in [0.1, 0.15) is 18.6 Å². The van der Waals surface area contributed by atoms with E-state index in [9.17, 15) is 23.8 Å². The molecule has 1 aromatic rings. The number of carbonyl (C=O) groups is 1. The SMILES string of the molecule is CC(=O)NCC(O)C(O)c1ccc2c(c1)OC(F)(F)O2. The second-order valence-electron chi connectivity index (χ2n) is 4.32. The molecule has 1 aromatic carbocycles. The van der Waals surface area contributed by atoms with E-state index in [-0.39, 0.29) is 29.5 Å². The molecule has 20 heavy (non-hydrogen) atoms. The number of nitrogens with one attached hydrogen (secondary N) is 1. The third-order valence-electron chi connectivity index (χ3n) is 2.69. The second-order valence-corrected chi connectivity index (χ2v) is 4.32. The number of halogens is 2. The van der Waals surface area contributed by atoms with Gasteiger partial charge in [-0.2, -0.15) is 0 Å². The van der Waals surface area contributed by atoms with E-state index in [0.717, 1.165) is 6.07 Å². The summed E-state index contributed by atoms with van der Waals surface area (Å²) in [5.41, 5.74) is 0.169. The Kier molecular flexibility index (Phi) is 3.78. The van der Waals surface area contributed by atoms with Gasteiger partial charge in [0.1, 0.15) is 12.2 Å². The topological polar surface area (TPSA) is 88.0 Å². The van der Waals surface area contributed by atoms with Gasteiger partial charge in [-0.25, -0.2) is 0 Å². The van der Waals surface area contributed by atoms with E-state index >= 15 is 0 Å². The standard InChI is InChI=1S/C12H13F2NO5/c1-6(16)15-5-8(17)11(18)7-2-3-9-10(4-7)20-12(13,14)19-9/h2-4,8,11,17-18H,5H2,1H3,(H,15,16). The summed E-state index contributed by atoms with van der Waals surface area (Å²) in [5.74, 6) is -0.734. The quantitative estimate of drug-likeness (QED) is 0.753. The van der Waals surface area contributed by atoms with E-state index in [0.29, 0.717) is 0 Å². The Morgan fingerprint density at radius 3 is 2.65 bits per heavy atom. The van der Waals surface area contributed by atoms with Crippen LogP contribution in [-0.2, 0) is 4.79 Å². The lowest BCUT2D eigenvalue weighted by Crippen LogP contribution is -2.34. The molecule has 110 valence electrons. The third-order valence-corrected chi connectivity index (χ3v) is 2.69. The fraction of sp³-hybridized carbons (Fsp3) is 0.417. The molecule has 1 aliphatic heterocycles. The highest BCUT2D eigenvalue weighted by molar-refractivity contribution is 5.72. The van der Waals surface area contributed by atoms with Gasteiger partial charge in [-0.3, -0.25) is 4.79 Å². The lowest BCUT2D eigenvalue weighted by Gasteiger charge is -2.18. The minimum atomic E-state index is -3.74. The van der Waals surface area contributed by atoms with Crippen LogP contribution >= 0.6 is 0 Å². The molecule has 1 amide bonds. The molecule has 0 radical (unpaired) electrons. The molecular weight excluding hydrogens is 276 g/mol. The molecule has 2 rings (SSSR count). The Bertz CT molecular complexity index is 523. The number of benzene rings is 1. The zero-order chi connectivity index (χ0) is 14.9. The van der Waals surface area contributed by atoms with Gasteiger partial charge >= 0.3 is 6.29 Å². The summed E-state index contributed by atoms with van der Waals surface area (Å²) >= 11 is 0. The van der Waals surface area contributed by atoms with E-state index in [4.69, 9.17) is 0 Å². The first kappa shape index (κ1) is 14.5. The maximum Gasteiger partial charge on any atom is 0.586 e. The van der Waals surface area contributed by atoms with Gasteiger partial charge in [0.25, 0.3) is 0 Å². The summed E-state index contributed by atoms with van der Waals surface area (Å²) in [5, 5.41) is 21.9. The normalized spacial score (nSPS) is 18.4. The Labute approximate surface area is 112 Å². The van der Waals surface area contributed by atoms with Gasteiger partial charge in [-0.1, -0.05) is 6.07 Å². The Hall–Kier alpha value is -1.93. The highest BCUT2D eigenvalue weighted by atomic mass is 19.3. The summed E-state index contributed by atoms with van der Waals surface area (Å²) in [4.78, 5) is 10.7. The van der Waals surface area contributed by atoms with Crippen LogP contribution in [0.15, 0.2) is 18.2 Å². The zero-order valence-corrected chi connectivity index (χ0v) is 10.5. The predicted molar refractivity (Wildman–Crippen MR) is 62.3 cm³/mol. The van der Waals surface area contributed by atoms with E-state index in [2.05, 4.69) is 14.8 Å². The zero-order valence-electron chi connectivity index (χ0n) is 10.5. The van der Waals surface area contributed by atoms with Crippen LogP contribution in [0.3, 0.4) is 0 Å². The van der Waals surface area contributed by atoms with Crippen molar-refractivity contribution in [1.29, 1.82) is 0 Å². The van der Waals surface area contributed by atoms with E-state index in [1.54, 1.807) is 0 Å². The fourth-order valence-electron chi connectivity index (χ4n) is 1.73. The van der Waals surface area contributed by atoms with Crippen molar-refractivity contribution >= 4 is 5.91 Å². The Balaban J connectivity index is 2.09. The molecule has 3 N–H and O–H groups in total. The van der Waals surface area contributed by atoms with Crippen LogP contribution in [0.2, 0.25) is 0 Å². The largest absolute Gasteiger partial charge is 0.586 e. The van der Waals surface area contributed by atoms with Gasteiger partial charge in [0, 0.05) is 13.5 Å². The number of hydrogen-bond donors (Lipinski definition) is 3. The van der Waals surface area contributed by atoms with Gasteiger partial charge in [-0.05, 0) is 17.7 Å². The first-order valence-corrected chi connectivity index (χ1v) is 5.79. The van der Waals surface area contributed by atoms with Gasteiger partial charge < -0.3 is 25.0 Å². The average molecular weight is 289 g/mol. The van der Waals surface area contributed by atoms with E-state index in [1.165, 1.54) is 19.1 Å². The molecule has 2 atom stereocenters. The number of fused-ring (bicyclic) bond motifs is 1. The van der Waals surface area contributed by atoms with E-state index in [1.807, 2.05) is 0 Å². The molecule has 0 aromatic heterocycles. The molecule has 6 nitrogen and oxygen atoms in total. The molecule has 1 heterocycles. The maximum atomic E-state index is 12.8. The number of alkyl halides is 2. The number of rotatable bonds is 4. The highest BCUT2D eigenvalue weighted by Gasteiger charge is 2.43. The molecule has 0 aliphatic carbocycles. The van der Waals surface area contributed by atoms with Crippen molar-refractivity contribution in [2.24, 2.45) is 0 Å². The molecule has 8 heteroatoms. The predicted octanol–water partition coefficient (Wildman–Crippen LogP) is 0.538. The number of carbonyl (C=O) groups excluding carboxylic acids is 1. The van der Waals surface area contributed by atoms with Gasteiger partial charge in [0.15, 0.2) is 11.5 Å². The molecule has 0 fully saturated rings. The second kappa shape index (κ2) is 5.22. The summed E-state index contributed by atoms with van der Waals surface area (Å²) < 4.78 is 34.1. The van der Waals surface area contributed by atoms with Crippen LogP contribution in [0.25, 0.3) is 0 Å². The van der Waals surface area contributed by atoms with Crippen molar-refractivity contribution in [2.45, 2.75) is 25.4 Å². The van der Waals surface area contributed by atoms with Gasteiger partial charge in [0.2, 0.25) is 5.91 Å². The van der Waals surface area contributed by atoms with Crippen LogP contribution < -0.4 is 14.8 Å². The third kappa shape index (κ3) is 3.14. The first-order valence-electron chi connectivity index (χ1n) is 5.79. The summed E-state index contributed by atoms with van der Waals surface area (Å²) in [6.07, 6.45) is -6.37. The van der Waals surface area contributed by atoms with Crippen LogP contribution in [0.4, 0.5) is 8.78 Å². The average Bonchev–Trinajstić information content (AvgIpc) is 2.67. The molecule has 0 bridgehead atoms. The smallest absolute Gasteiger partial charge is 0.395 e. The van der Waals surface area contributed by atoms with E-state index < -0.39 is 18.5 Å². The summed E-state index contributed by atoms with van der Waals surface area (Å²) in [7, 11) is 0. The lowest BCUT2D eigenvalue weighted by atomic mass is 10.0. The number of amides is 1. The highest BCUT2D eigenvalue weighted by Crippen LogP contribution is 2.42. The minimum Gasteiger partial charge on any atom is -0.395 e. The fourth-order valence-corrected chi connectivity index (χ4v) is 1.73. The number of aliphatic hydroxyl groups is 2. The molecule has 0 spiro atoms. The minimum absolute atomic E-state index is 0.151. The van der Waals surface area contributed by atoms with Crippen LogP contribution in [0.5, 0.6) is 11.5 Å². The molecule has 2 unspecified atom stereocenters. The van der Waals surface area contributed by atoms with Crippen molar-refractivity contribution in [3.8, 4) is 11.5 Å². The van der Waals surface area contributed by atoms with Crippen molar-refractivity contribution in [3.63, 3.8) is 0 Å². The molecule has 0 saturated carbocycles. The summed E-state index contributed by atoms with van der Waals surface area (Å²) in [6, 6.07) is 3.68. The first-order chi connectivity index (χ1) is 9.28. The number of ether oxygens (including phenoxy) is 2. The molecule has 0 saturated heterocycles. The number of hydrogen-bond acceptors (Lipinski definition) is 5. The van der Waals surface area contributed by atoms with Gasteiger partial charge in [0.05, 0.1) is 0 Å². The van der Waals surface area contributed by atoms with Crippen LogP contribution in [-0.4, -0.2) is 35.1 Å². The molecule has 1 aliphatic rings.